The first-order valence-corrected chi connectivity index (χ1v) is 9.04. The lowest BCUT2D eigenvalue weighted by atomic mass is 10.2. The number of rotatable bonds is 7. The SMILES string of the molecule is O=C(NCCSCc1c(F)cccc1Cl)c1ccc(Cl)c([N+](=O)[O-])c1. The molecule has 2 rings (SSSR count). The Kier molecular flexibility index (Phi) is 7.04. The van der Waals surface area contributed by atoms with Crippen LogP contribution in [0.15, 0.2) is 36.4 Å². The van der Waals surface area contributed by atoms with Gasteiger partial charge in [-0.15, -0.1) is 0 Å². The molecule has 2 aromatic rings. The van der Waals surface area contributed by atoms with E-state index in [4.69, 9.17) is 23.2 Å². The van der Waals surface area contributed by atoms with Crippen LogP contribution in [0.5, 0.6) is 0 Å². The second-order valence-corrected chi connectivity index (χ2v) is 6.85. The number of halogens is 3. The number of nitrogens with one attached hydrogen (secondary N) is 1. The molecule has 0 heterocycles. The molecule has 0 aromatic heterocycles. The fourth-order valence-corrected chi connectivity index (χ4v) is 3.36. The summed E-state index contributed by atoms with van der Waals surface area (Å²) in [5.41, 5.74) is 0.255. The first-order valence-electron chi connectivity index (χ1n) is 7.13. The summed E-state index contributed by atoms with van der Waals surface area (Å²) < 4.78 is 13.6. The Morgan fingerprint density at radius 2 is 2.00 bits per heavy atom. The molecule has 2 aromatic carbocycles. The highest BCUT2D eigenvalue weighted by Crippen LogP contribution is 2.25. The highest BCUT2D eigenvalue weighted by Gasteiger charge is 2.16. The number of benzene rings is 2. The number of nitro benzene ring substituents is 1. The zero-order chi connectivity index (χ0) is 18.4. The zero-order valence-corrected chi connectivity index (χ0v) is 15.1. The van der Waals surface area contributed by atoms with Gasteiger partial charge in [-0.25, -0.2) is 4.39 Å². The molecule has 1 amide bonds. The first kappa shape index (κ1) is 19.5. The van der Waals surface area contributed by atoms with Gasteiger partial charge in [-0.1, -0.05) is 29.3 Å². The van der Waals surface area contributed by atoms with E-state index in [0.29, 0.717) is 28.6 Å². The van der Waals surface area contributed by atoms with E-state index in [-0.39, 0.29) is 22.1 Å². The van der Waals surface area contributed by atoms with E-state index in [1.807, 2.05) is 0 Å². The van der Waals surface area contributed by atoms with Crippen LogP contribution < -0.4 is 5.32 Å². The first-order chi connectivity index (χ1) is 11.9. The molecule has 0 aliphatic carbocycles. The molecular formula is C16H13Cl2FN2O3S. The summed E-state index contributed by atoms with van der Waals surface area (Å²) in [5.74, 6) is 0.113. The van der Waals surface area contributed by atoms with E-state index >= 15 is 0 Å². The largest absolute Gasteiger partial charge is 0.351 e. The third-order valence-electron chi connectivity index (χ3n) is 3.25. The van der Waals surface area contributed by atoms with E-state index in [2.05, 4.69) is 5.32 Å². The number of amides is 1. The molecule has 0 atom stereocenters. The van der Waals surface area contributed by atoms with Crippen LogP contribution in [0, 0.1) is 15.9 Å². The quantitative estimate of drug-likeness (QED) is 0.413. The highest BCUT2D eigenvalue weighted by molar-refractivity contribution is 7.98. The third kappa shape index (κ3) is 5.32. The highest BCUT2D eigenvalue weighted by atomic mass is 35.5. The molecule has 0 bridgehead atoms. The van der Waals surface area contributed by atoms with E-state index < -0.39 is 10.8 Å². The van der Waals surface area contributed by atoms with E-state index in [9.17, 15) is 19.3 Å². The lowest BCUT2D eigenvalue weighted by molar-refractivity contribution is -0.384. The molecule has 0 saturated heterocycles. The monoisotopic (exact) mass is 402 g/mol. The van der Waals surface area contributed by atoms with Crippen molar-refractivity contribution >= 4 is 46.6 Å². The van der Waals surface area contributed by atoms with Crippen LogP contribution in [-0.4, -0.2) is 23.1 Å². The Labute approximate surface area is 157 Å². The van der Waals surface area contributed by atoms with Crippen LogP contribution in [0.1, 0.15) is 15.9 Å². The maximum atomic E-state index is 13.6. The van der Waals surface area contributed by atoms with Crippen molar-refractivity contribution in [3.8, 4) is 0 Å². The van der Waals surface area contributed by atoms with Crippen molar-refractivity contribution in [1.82, 2.24) is 5.32 Å². The standard InChI is InChI=1S/C16H13Cl2FN2O3S/c17-12-2-1-3-14(19)11(12)9-25-7-6-20-16(22)10-4-5-13(18)15(8-10)21(23)24/h1-5,8H,6-7,9H2,(H,20,22). The van der Waals surface area contributed by atoms with Gasteiger partial charge in [0.25, 0.3) is 11.6 Å². The van der Waals surface area contributed by atoms with Crippen molar-refractivity contribution in [3.63, 3.8) is 0 Å². The van der Waals surface area contributed by atoms with Gasteiger partial charge >= 0.3 is 0 Å². The van der Waals surface area contributed by atoms with Crippen LogP contribution in [-0.2, 0) is 5.75 Å². The summed E-state index contributed by atoms with van der Waals surface area (Å²) >= 11 is 13.1. The Balaban J connectivity index is 1.83. The fraction of sp³-hybridized carbons (Fsp3) is 0.188. The summed E-state index contributed by atoms with van der Waals surface area (Å²) in [4.78, 5) is 22.2. The van der Waals surface area contributed by atoms with Crippen molar-refractivity contribution in [2.75, 3.05) is 12.3 Å². The van der Waals surface area contributed by atoms with Gasteiger partial charge in [-0.3, -0.25) is 14.9 Å². The number of hydrogen-bond acceptors (Lipinski definition) is 4. The average molecular weight is 403 g/mol. The van der Waals surface area contributed by atoms with Gasteiger partial charge in [-0.05, 0) is 24.3 Å². The van der Waals surface area contributed by atoms with Gasteiger partial charge in [0.2, 0.25) is 0 Å². The van der Waals surface area contributed by atoms with Crippen molar-refractivity contribution in [2.24, 2.45) is 0 Å². The van der Waals surface area contributed by atoms with E-state index in [0.717, 1.165) is 6.07 Å². The topological polar surface area (TPSA) is 72.2 Å². The molecule has 0 radical (unpaired) electrons. The van der Waals surface area contributed by atoms with Gasteiger partial charge in [0.1, 0.15) is 10.8 Å². The van der Waals surface area contributed by atoms with Crippen LogP contribution >= 0.6 is 35.0 Å². The third-order valence-corrected chi connectivity index (χ3v) is 4.90. The van der Waals surface area contributed by atoms with E-state index in [1.165, 1.54) is 36.0 Å². The molecule has 0 fully saturated rings. The van der Waals surface area contributed by atoms with Crippen LogP contribution in [0.3, 0.4) is 0 Å². The van der Waals surface area contributed by atoms with E-state index in [1.54, 1.807) is 6.07 Å². The minimum absolute atomic E-state index is 0.0288. The minimum atomic E-state index is -0.646. The summed E-state index contributed by atoms with van der Waals surface area (Å²) in [6.45, 7) is 0.325. The number of thioether (sulfide) groups is 1. The van der Waals surface area contributed by atoms with Crippen molar-refractivity contribution in [1.29, 1.82) is 0 Å². The number of nitro groups is 1. The average Bonchev–Trinajstić information content (AvgIpc) is 2.56. The van der Waals surface area contributed by atoms with Crippen molar-refractivity contribution in [3.05, 3.63) is 73.5 Å². The predicted octanol–water partition coefficient (Wildman–Crippen LogP) is 4.70. The maximum Gasteiger partial charge on any atom is 0.288 e. The fourth-order valence-electron chi connectivity index (χ4n) is 1.98. The lowest BCUT2D eigenvalue weighted by Gasteiger charge is -2.07. The Bertz CT molecular complexity index is 785. The molecule has 0 saturated carbocycles. The molecule has 5 nitrogen and oxygen atoms in total. The minimum Gasteiger partial charge on any atom is -0.351 e. The van der Waals surface area contributed by atoms with Gasteiger partial charge in [-0.2, -0.15) is 11.8 Å². The van der Waals surface area contributed by atoms with Gasteiger partial charge < -0.3 is 5.32 Å². The van der Waals surface area contributed by atoms with Gasteiger partial charge in [0.15, 0.2) is 0 Å². The number of hydrogen-bond donors (Lipinski definition) is 1. The zero-order valence-electron chi connectivity index (χ0n) is 12.8. The molecule has 1 N–H and O–H groups in total. The summed E-state index contributed by atoms with van der Waals surface area (Å²) in [6, 6.07) is 8.36. The lowest BCUT2D eigenvalue weighted by Crippen LogP contribution is -2.25. The van der Waals surface area contributed by atoms with Crippen LogP contribution in [0.2, 0.25) is 10.0 Å². The summed E-state index contributed by atoms with van der Waals surface area (Å²) in [6.07, 6.45) is 0. The molecule has 132 valence electrons. The van der Waals surface area contributed by atoms with Gasteiger partial charge in [0, 0.05) is 40.3 Å². The maximum absolute atomic E-state index is 13.6. The molecule has 0 spiro atoms. The van der Waals surface area contributed by atoms with Crippen molar-refractivity contribution in [2.45, 2.75) is 5.75 Å². The summed E-state index contributed by atoms with van der Waals surface area (Å²) in [7, 11) is 0. The molecule has 9 heteroatoms. The second kappa shape index (κ2) is 9.03. The molecule has 0 unspecified atom stereocenters. The molecule has 25 heavy (non-hydrogen) atoms. The Morgan fingerprint density at radius 3 is 2.68 bits per heavy atom. The van der Waals surface area contributed by atoms with Crippen LogP contribution in [0.25, 0.3) is 0 Å². The smallest absolute Gasteiger partial charge is 0.288 e. The Hall–Kier alpha value is -1.83. The second-order valence-electron chi connectivity index (χ2n) is 4.93. The number of nitrogens with zero attached hydrogens (tertiary/aromatic N) is 1. The number of carbonyl (C=O) groups is 1. The van der Waals surface area contributed by atoms with Crippen LogP contribution in [0.4, 0.5) is 10.1 Å². The van der Waals surface area contributed by atoms with Gasteiger partial charge in [0.05, 0.1) is 4.92 Å². The van der Waals surface area contributed by atoms with Crippen molar-refractivity contribution < 1.29 is 14.1 Å². The molecular weight excluding hydrogens is 390 g/mol. The number of carbonyl (C=O) groups excluding carboxylic acids is 1. The molecule has 0 aliphatic heterocycles. The molecule has 0 aliphatic rings. The normalized spacial score (nSPS) is 10.5. The predicted molar refractivity (Wildman–Crippen MR) is 98.0 cm³/mol. The summed E-state index contributed by atoms with van der Waals surface area (Å²) in [5, 5.41) is 13.8. The Morgan fingerprint density at radius 1 is 1.24 bits per heavy atom.